The largest absolute Gasteiger partial charge is 0.444 e. The smallest absolute Gasteiger partial charge is 0.410 e. The van der Waals surface area contributed by atoms with Crippen molar-refractivity contribution in [3.63, 3.8) is 0 Å². The van der Waals surface area contributed by atoms with Gasteiger partial charge in [0.05, 0.1) is 17.8 Å². The van der Waals surface area contributed by atoms with Crippen LogP contribution in [-0.4, -0.2) is 41.8 Å². The van der Waals surface area contributed by atoms with Crippen molar-refractivity contribution in [1.82, 2.24) is 4.90 Å². The number of hydrogen-bond donors (Lipinski definition) is 0. The molecule has 5 nitrogen and oxygen atoms in total. The average molecular weight is 387 g/mol. The van der Waals surface area contributed by atoms with E-state index in [0.717, 1.165) is 11.1 Å². The van der Waals surface area contributed by atoms with Gasteiger partial charge in [0.2, 0.25) is 0 Å². The molecule has 1 amide bonds. The molecule has 152 valence electrons. The van der Waals surface area contributed by atoms with E-state index < -0.39 is 11.4 Å². The zero-order chi connectivity index (χ0) is 21.2. The molecule has 2 unspecified atom stereocenters. The molecule has 1 fully saturated rings. The van der Waals surface area contributed by atoms with Crippen molar-refractivity contribution in [3.05, 3.63) is 34.6 Å². The Morgan fingerprint density at radius 1 is 1.25 bits per heavy atom. The highest BCUT2D eigenvalue weighted by Gasteiger charge is 2.36. The van der Waals surface area contributed by atoms with Crippen molar-refractivity contribution in [2.45, 2.75) is 66.2 Å². The van der Waals surface area contributed by atoms with E-state index in [9.17, 15) is 14.4 Å². The Bertz CT molecular complexity index is 804. The van der Waals surface area contributed by atoms with Gasteiger partial charge in [-0.2, -0.15) is 5.26 Å². The summed E-state index contributed by atoms with van der Waals surface area (Å²) in [6.07, 6.45) is 1.54. The van der Waals surface area contributed by atoms with Gasteiger partial charge in [-0.1, -0.05) is 11.6 Å². The van der Waals surface area contributed by atoms with Crippen LogP contribution in [0.25, 0.3) is 6.08 Å². The van der Waals surface area contributed by atoms with Gasteiger partial charge in [0.25, 0.3) is 0 Å². The van der Waals surface area contributed by atoms with Crippen LogP contribution >= 0.6 is 0 Å². The highest BCUT2D eigenvalue weighted by Crippen LogP contribution is 2.30. The van der Waals surface area contributed by atoms with Crippen LogP contribution in [0.1, 0.15) is 59.6 Å². The highest BCUT2D eigenvalue weighted by atomic mass is 19.1. The van der Waals surface area contributed by atoms with Gasteiger partial charge in [-0.05, 0) is 66.2 Å². The van der Waals surface area contributed by atoms with Crippen LogP contribution in [-0.2, 0) is 4.74 Å². The molecular formula is C22H30FN3O2. The summed E-state index contributed by atoms with van der Waals surface area (Å²) in [5, 5.41) is 9.49. The minimum atomic E-state index is -0.566. The molecular weight excluding hydrogens is 357 g/mol. The number of rotatable bonds is 2. The van der Waals surface area contributed by atoms with Crippen molar-refractivity contribution in [3.8, 4) is 6.07 Å². The number of nitrogens with zero attached hydrogens (tertiary/aromatic N) is 3. The summed E-state index contributed by atoms with van der Waals surface area (Å²) in [4.78, 5) is 16.3. The van der Waals surface area contributed by atoms with Crippen LogP contribution in [0.2, 0.25) is 0 Å². The number of carbonyl (C=O) groups excluding carboxylic acids is 1. The third-order valence-electron chi connectivity index (χ3n) is 4.52. The Kier molecular flexibility index (Phi) is 6.38. The minimum Gasteiger partial charge on any atom is -0.444 e. The summed E-state index contributed by atoms with van der Waals surface area (Å²) in [6.45, 7) is 14.3. The van der Waals surface area contributed by atoms with Crippen LogP contribution in [0.15, 0.2) is 17.7 Å². The lowest BCUT2D eigenvalue weighted by molar-refractivity contribution is 0.00565. The van der Waals surface area contributed by atoms with E-state index in [1.165, 1.54) is 6.07 Å². The van der Waals surface area contributed by atoms with Crippen LogP contribution in [0.4, 0.5) is 14.9 Å². The fraction of sp³-hybridized carbons (Fsp3) is 0.545. The Labute approximate surface area is 167 Å². The maximum Gasteiger partial charge on any atom is 0.410 e. The molecule has 2 atom stereocenters. The van der Waals surface area contributed by atoms with Crippen LogP contribution in [0.5, 0.6) is 0 Å². The van der Waals surface area contributed by atoms with Gasteiger partial charge in [-0.3, -0.25) is 4.90 Å². The first kappa shape index (κ1) is 21.7. The van der Waals surface area contributed by atoms with Gasteiger partial charge >= 0.3 is 6.09 Å². The molecule has 1 heterocycles. The summed E-state index contributed by atoms with van der Waals surface area (Å²) < 4.78 is 20.1. The normalized spacial score (nSPS) is 19.8. The SMILES string of the molecule is CC(C)=Cc1cc(F)c(C#N)c(N2CC(C)N(C(=O)OC(C)(C)C)C(C)C2)c1. The molecule has 0 spiro atoms. The number of nitriles is 1. The summed E-state index contributed by atoms with van der Waals surface area (Å²) in [7, 11) is 0. The molecule has 1 aromatic rings. The Balaban J connectivity index is 2.34. The second-order valence-corrected chi connectivity index (χ2v) is 8.72. The van der Waals surface area contributed by atoms with E-state index in [0.29, 0.717) is 18.8 Å². The number of halogens is 1. The van der Waals surface area contributed by atoms with Crippen molar-refractivity contribution in [2.24, 2.45) is 0 Å². The van der Waals surface area contributed by atoms with E-state index >= 15 is 0 Å². The first-order valence-corrected chi connectivity index (χ1v) is 9.57. The molecule has 0 radical (unpaired) electrons. The number of carbonyl (C=O) groups is 1. The molecule has 0 saturated carbocycles. The van der Waals surface area contributed by atoms with E-state index in [1.807, 2.05) is 71.6 Å². The van der Waals surface area contributed by atoms with Gasteiger partial charge in [-0.15, -0.1) is 0 Å². The van der Waals surface area contributed by atoms with Gasteiger partial charge in [-0.25, -0.2) is 9.18 Å². The van der Waals surface area contributed by atoms with Gasteiger partial charge in [0.15, 0.2) is 0 Å². The highest BCUT2D eigenvalue weighted by molar-refractivity contribution is 5.71. The first-order valence-electron chi connectivity index (χ1n) is 9.57. The predicted octanol–water partition coefficient (Wildman–Crippen LogP) is 4.95. The number of allylic oxidation sites excluding steroid dienone is 1. The van der Waals surface area contributed by atoms with Gasteiger partial charge < -0.3 is 9.64 Å². The minimum absolute atomic E-state index is 0.0380. The molecule has 2 rings (SSSR count). The van der Waals surface area contributed by atoms with Crippen molar-refractivity contribution in [2.75, 3.05) is 18.0 Å². The second-order valence-electron chi connectivity index (χ2n) is 8.72. The van der Waals surface area contributed by atoms with Crippen LogP contribution in [0.3, 0.4) is 0 Å². The number of amides is 1. The van der Waals surface area contributed by atoms with Gasteiger partial charge in [0, 0.05) is 13.1 Å². The molecule has 0 aliphatic carbocycles. The molecule has 28 heavy (non-hydrogen) atoms. The maximum atomic E-state index is 14.5. The molecule has 0 aromatic heterocycles. The number of anilines is 1. The monoisotopic (exact) mass is 387 g/mol. The molecule has 1 aromatic carbocycles. The molecule has 1 saturated heterocycles. The lowest BCUT2D eigenvalue weighted by Crippen LogP contribution is -2.59. The zero-order valence-corrected chi connectivity index (χ0v) is 17.8. The Hall–Kier alpha value is -2.55. The third kappa shape index (κ3) is 5.03. The summed E-state index contributed by atoms with van der Waals surface area (Å²) in [6, 6.07) is 4.95. The standard InChI is InChI=1S/C22H30FN3O2/c1-14(2)8-17-9-19(23)18(11-24)20(10-17)25-12-15(3)26(16(4)13-25)21(27)28-22(5,6)7/h8-10,15-16H,12-13H2,1-7H3. The molecule has 0 bridgehead atoms. The second kappa shape index (κ2) is 8.22. The maximum absolute atomic E-state index is 14.5. The number of piperazine rings is 1. The molecule has 1 aliphatic heterocycles. The van der Waals surface area contributed by atoms with Crippen molar-refractivity contribution < 1.29 is 13.9 Å². The predicted molar refractivity (Wildman–Crippen MR) is 110 cm³/mol. The molecule has 0 N–H and O–H groups in total. The van der Waals surface area contributed by atoms with E-state index in [-0.39, 0.29) is 23.7 Å². The Morgan fingerprint density at radius 3 is 2.29 bits per heavy atom. The van der Waals surface area contributed by atoms with E-state index in [1.54, 1.807) is 4.90 Å². The average Bonchev–Trinajstić information content (AvgIpc) is 2.51. The lowest BCUT2D eigenvalue weighted by atomic mass is 10.0. The number of hydrogen-bond acceptors (Lipinski definition) is 4. The topological polar surface area (TPSA) is 56.6 Å². The van der Waals surface area contributed by atoms with Gasteiger partial charge in [0.1, 0.15) is 23.1 Å². The number of benzene rings is 1. The van der Waals surface area contributed by atoms with E-state index in [2.05, 4.69) is 0 Å². The summed E-state index contributed by atoms with van der Waals surface area (Å²) >= 11 is 0. The fourth-order valence-corrected chi connectivity index (χ4v) is 3.58. The zero-order valence-electron chi connectivity index (χ0n) is 17.8. The number of ether oxygens (including phenoxy) is 1. The fourth-order valence-electron chi connectivity index (χ4n) is 3.58. The van der Waals surface area contributed by atoms with Crippen LogP contribution < -0.4 is 4.90 Å². The summed E-state index contributed by atoms with van der Waals surface area (Å²) in [5.74, 6) is -0.526. The first-order chi connectivity index (χ1) is 12.9. The molecule has 6 heteroatoms. The Morgan fingerprint density at radius 2 is 1.82 bits per heavy atom. The van der Waals surface area contributed by atoms with Crippen molar-refractivity contribution in [1.29, 1.82) is 5.26 Å². The summed E-state index contributed by atoms with van der Waals surface area (Å²) in [5.41, 5.74) is 1.81. The van der Waals surface area contributed by atoms with Crippen molar-refractivity contribution >= 4 is 17.9 Å². The van der Waals surface area contributed by atoms with Crippen LogP contribution in [0, 0.1) is 17.1 Å². The quantitative estimate of drug-likeness (QED) is 0.720. The lowest BCUT2D eigenvalue weighted by Gasteiger charge is -2.45. The molecule has 1 aliphatic rings. The van der Waals surface area contributed by atoms with E-state index in [4.69, 9.17) is 4.74 Å². The third-order valence-corrected chi connectivity index (χ3v) is 4.52.